The summed E-state index contributed by atoms with van der Waals surface area (Å²) in [4.78, 5) is 13.0. The average molecular weight is 569 g/mol. The van der Waals surface area contributed by atoms with Gasteiger partial charge in [-0.1, -0.05) is 0 Å². The van der Waals surface area contributed by atoms with Gasteiger partial charge in [0.15, 0.2) is 14.6 Å². The summed E-state index contributed by atoms with van der Waals surface area (Å²) in [6, 6.07) is 10.0. The highest BCUT2D eigenvalue weighted by molar-refractivity contribution is 7.93. The molecular weight excluding hydrogens is 541 g/mol. The van der Waals surface area contributed by atoms with Crippen molar-refractivity contribution in [1.82, 2.24) is 10.4 Å². The highest BCUT2D eigenvalue weighted by atomic mass is 35.5. The fraction of sp³-hybridized carbons (Fsp3) is 0.435. The van der Waals surface area contributed by atoms with Gasteiger partial charge in [-0.2, -0.15) is 0 Å². The van der Waals surface area contributed by atoms with Gasteiger partial charge >= 0.3 is 6.36 Å². The number of ether oxygens (including phenoxy) is 3. The molecule has 0 unspecified atom stereocenters. The van der Waals surface area contributed by atoms with E-state index in [2.05, 4.69) is 10.1 Å². The lowest BCUT2D eigenvalue weighted by molar-refractivity contribution is -0.274. The maximum absolute atomic E-state index is 13.6. The van der Waals surface area contributed by atoms with Gasteiger partial charge in [0, 0.05) is 6.61 Å². The molecule has 1 amide bonds. The van der Waals surface area contributed by atoms with Gasteiger partial charge in [-0.05, 0) is 81.4 Å². The molecule has 2 N–H and O–H groups in total. The summed E-state index contributed by atoms with van der Waals surface area (Å²) in [5.41, 5.74) is 0. The zero-order chi connectivity index (χ0) is 26.4. The van der Waals surface area contributed by atoms with Crippen LogP contribution in [0, 0.1) is 0 Å². The largest absolute Gasteiger partial charge is 0.573 e. The predicted molar refractivity (Wildman–Crippen MR) is 129 cm³/mol. The molecule has 1 fully saturated rings. The summed E-state index contributed by atoms with van der Waals surface area (Å²) in [5, 5.41) is 13.7. The third-order valence-corrected chi connectivity index (χ3v) is 8.13. The molecule has 37 heavy (non-hydrogen) atoms. The number of amides is 1. The second-order valence-corrected chi connectivity index (χ2v) is 10.2. The minimum atomic E-state index is -4.81. The summed E-state index contributed by atoms with van der Waals surface area (Å²) in [6.45, 7) is 2.58. The number of carbonyl (C=O) groups is 1. The highest BCUT2D eigenvalue weighted by Crippen LogP contribution is 2.36. The first kappa shape index (κ1) is 30.6. The topological polar surface area (TPSA) is 114 Å². The highest BCUT2D eigenvalue weighted by Gasteiger charge is 2.53. The van der Waals surface area contributed by atoms with Crippen molar-refractivity contribution in [2.75, 3.05) is 32.8 Å². The molecule has 2 aromatic carbocycles. The van der Waals surface area contributed by atoms with Crippen LogP contribution in [0.2, 0.25) is 0 Å². The lowest BCUT2D eigenvalue weighted by Crippen LogP contribution is -2.58. The molecule has 0 spiro atoms. The van der Waals surface area contributed by atoms with Crippen LogP contribution >= 0.6 is 12.4 Å². The molecule has 1 aliphatic rings. The van der Waals surface area contributed by atoms with Gasteiger partial charge in [0.05, 0.1) is 18.0 Å². The Morgan fingerprint density at radius 2 is 1.54 bits per heavy atom. The lowest BCUT2D eigenvalue weighted by atomic mass is 9.95. The van der Waals surface area contributed by atoms with Gasteiger partial charge < -0.3 is 19.5 Å². The third kappa shape index (κ3) is 7.48. The number of carbonyl (C=O) groups excluding carboxylic acids is 1. The van der Waals surface area contributed by atoms with Crippen LogP contribution in [0.4, 0.5) is 13.2 Å². The van der Waals surface area contributed by atoms with E-state index in [1.807, 2.05) is 0 Å². The van der Waals surface area contributed by atoms with E-state index in [9.17, 15) is 31.6 Å². The Morgan fingerprint density at radius 1 is 1.03 bits per heavy atom. The van der Waals surface area contributed by atoms with E-state index in [-0.39, 0.29) is 67.9 Å². The molecule has 0 atom stereocenters. The van der Waals surface area contributed by atoms with E-state index in [1.165, 1.54) is 36.4 Å². The van der Waals surface area contributed by atoms with Gasteiger partial charge in [0.2, 0.25) is 0 Å². The number of alkyl halides is 3. The molecule has 14 heteroatoms. The van der Waals surface area contributed by atoms with Crippen molar-refractivity contribution < 1.29 is 45.8 Å². The summed E-state index contributed by atoms with van der Waals surface area (Å²) in [5.74, 6) is -0.891. The molecule has 0 saturated carbocycles. The van der Waals surface area contributed by atoms with E-state index < -0.39 is 32.6 Å². The number of halogens is 4. The Bertz CT molecular complexity index is 1120. The summed E-state index contributed by atoms with van der Waals surface area (Å²) in [7, 11) is -4.22. The van der Waals surface area contributed by atoms with Crippen LogP contribution in [-0.2, 0) is 19.4 Å². The number of benzene rings is 2. The van der Waals surface area contributed by atoms with Crippen LogP contribution in [0.5, 0.6) is 17.2 Å². The smallest absolute Gasteiger partial charge is 0.457 e. The van der Waals surface area contributed by atoms with Crippen molar-refractivity contribution >= 4 is 28.2 Å². The Morgan fingerprint density at radius 3 is 2.05 bits per heavy atom. The van der Waals surface area contributed by atoms with Crippen molar-refractivity contribution in [3.05, 3.63) is 48.5 Å². The Kier molecular flexibility index (Phi) is 10.6. The van der Waals surface area contributed by atoms with Crippen LogP contribution in [-0.4, -0.2) is 68.6 Å². The number of piperidine rings is 1. The normalized spacial score (nSPS) is 15.4. The summed E-state index contributed by atoms with van der Waals surface area (Å²) >= 11 is 0. The maximum atomic E-state index is 13.6. The molecule has 1 heterocycles. The number of hydroxylamine groups is 2. The number of nitrogens with zero attached hydrogens (tertiary/aromatic N) is 1. The first-order valence-corrected chi connectivity index (χ1v) is 12.6. The molecule has 1 saturated heterocycles. The summed E-state index contributed by atoms with van der Waals surface area (Å²) in [6.07, 6.45) is -4.86. The average Bonchev–Trinajstić information content (AvgIpc) is 2.84. The minimum absolute atomic E-state index is 0. The molecule has 0 radical (unpaired) electrons. The first-order valence-electron chi connectivity index (χ1n) is 11.2. The number of hydrogen-bond donors (Lipinski definition) is 2. The summed E-state index contributed by atoms with van der Waals surface area (Å²) < 4.78 is 76.9. The van der Waals surface area contributed by atoms with Gasteiger partial charge in [-0.3, -0.25) is 10.0 Å². The number of nitrogens with one attached hydrogen (secondary N) is 1. The van der Waals surface area contributed by atoms with Crippen LogP contribution < -0.4 is 14.8 Å². The molecule has 1 aliphatic heterocycles. The maximum Gasteiger partial charge on any atom is 0.573 e. The molecule has 9 nitrogen and oxygen atoms in total. The quantitative estimate of drug-likeness (QED) is 0.252. The SMILES string of the molecule is CCOCCN(O)C(=O)C1(S(=O)(=O)c2ccc(Oc3ccc(OC(F)(F)F)cc3)cc2)CCNCC1.Cl. The molecule has 206 valence electrons. The second kappa shape index (κ2) is 12.8. The second-order valence-electron chi connectivity index (χ2n) is 7.97. The van der Waals surface area contributed by atoms with Crippen LogP contribution in [0.25, 0.3) is 0 Å². The molecular formula is C23H28ClF3N2O7S. The molecule has 0 bridgehead atoms. The van der Waals surface area contributed by atoms with Gasteiger partial charge in [-0.15, -0.1) is 25.6 Å². The van der Waals surface area contributed by atoms with Crippen molar-refractivity contribution in [1.29, 1.82) is 0 Å². The molecule has 0 aliphatic carbocycles. The Balaban J connectivity index is 0.00000481. The third-order valence-electron chi connectivity index (χ3n) is 5.63. The number of sulfone groups is 1. The van der Waals surface area contributed by atoms with Crippen molar-refractivity contribution in [3.8, 4) is 17.2 Å². The molecule has 0 aromatic heterocycles. The Hall–Kier alpha value is -2.58. The first-order chi connectivity index (χ1) is 17.0. The van der Waals surface area contributed by atoms with E-state index >= 15 is 0 Å². The van der Waals surface area contributed by atoms with Crippen molar-refractivity contribution in [2.45, 2.75) is 35.8 Å². The van der Waals surface area contributed by atoms with E-state index in [0.29, 0.717) is 11.7 Å². The fourth-order valence-electron chi connectivity index (χ4n) is 3.82. The van der Waals surface area contributed by atoms with Crippen molar-refractivity contribution in [2.24, 2.45) is 0 Å². The Labute approximate surface area is 218 Å². The van der Waals surface area contributed by atoms with E-state index in [0.717, 1.165) is 12.1 Å². The molecule has 2 aromatic rings. The van der Waals surface area contributed by atoms with Crippen molar-refractivity contribution in [3.63, 3.8) is 0 Å². The molecule has 3 rings (SSSR count). The monoisotopic (exact) mass is 568 g/mol. The minimum Gasteiger partial charge on any atom is -0.457 e. The lowest BCUT2D eigenvalue weighted by Gasteiger charge is -2.37. The van der Waals surface area contributed by atoms with Gasteiger partial charge in [0.25, 0.3) is 5.91 Å². The predicted octanol–water partition coefficient (Wildman–Crippen LogP) is 3.95. The van der Waals surface area contributed by atoms with Gasteiger partial charge in [-0.25, -0.2) is 13.5 Å². The number of rotatable bonds is 10. The van der Waals surface area contributed by atoms with Gasteiger partial charge in [0.1, 0.15) is 17.2 Å². The standard InChI is InChI=1S/C23H27F3N2O7S.ClH/c1-2-33-16-15-28(30)21(29)22(11-13-27-14-12-22)36(31,32)20-9-7-18(8-10-20)34-17-3-5-19(6-4-17)35-23(24,25)26;/h3-10,27,30H,2,11-16H2,1H3;1H. The zero-order valence-corrected chi connectivity index (χ0v) is 21.5. The van der Waals surface area contributed by atoms with E-state index in [4.69, 9.17) is 9.47 Å². The van der Waals surface area contributed by atoms with Crippen LogP contribution in [0.15, 0.2) is 53.4 Å². The van der Waals surface area contributed by atoms with E-state index in [1.54, 1.807) is 6.92 Å². The van der Waals surface area contributed by atoms with Crippen LogP contribution in [0.1, 0.15) is 19.8 Å². The fourth-order valence-corrected chi connectivity index (χ4v) is 5.84. The number of hydrogen-bond acceptors (Lipinski definition) is 8. The zero-order valence-electron chi connectivity index (χ0n) is 19.9. The van der Waals surface area contributed by atoms with Crippen LogP contribution in [0.3, 0.4) is 0 Å².